The fourth-order valence-electron chi connectivity index (χ4n) is 2.17. The number of aromatic nitrogens is 3. The zero-order valence-electron chi connectivity index (χ0n) is 12.5. The summed E-state index contributed by atoms with van der Waals surface area (Å²) in [7, 11) is 0. The number of nitrogens with zero attached hydrogens (tertiary/aromatic N) is 2. The van der Waals surface area contributed by atoms with E-state index in [0.717, 1.165) is 23.1 Å². The molecule has 0 atom stereocenters. The Kier molecular flexibility index (Phi) is 5.01. The smallest absolute Gasteiger partial charge is 0.293 e. The van der Waals surface area contributed by atoms with Gasteiger partial charge in [-0.25, -0.2) is 9.89 Å². The Bertz CT molecular complexity index is 703. The Morgan fingerprint density at radius 2 is 2.14 bits per heavy atom. The van der Waals surface area contributed by atoms with E-state index in [1.807, 2.05) is 39.0 Å². The molecule has 0 unspecified atom stereocenters. The molecule has 0 spiro atoms. The van der Waals surface area contributed by atoms with Crippen LogP contribution in [0.25, 0.3) is 0 Å². The van der Waals surface area contributed by atoms with E-state index in [2.05, 4.69) is 10.2 Å². The first-order valence-electron chi connectivity index (χ1n) is 6.91. The van der Waals surface area contributed by atoms with Crippen molar-refractivity contribution in [2.24, 2.45) is 0 Å². The van der Waals surface area contributed by atoms with Crippen LogP contribution in [0.5, 0.6) is 0 Å². The molecule has 0 aliphatic carbocycles. The molecule has 1 heterocycles. The molecule has 0 fully saturated rings. The molecule has 5 nitrogen and oxygen atoms in total. The van der Waals surface area contributed by atoms with Crippen molar-refractivity contribution in [3.05, 3.63) is 45.4 Å². The molecule has 2 aromatic rings. The molecule has 6 heteroatoms. The van der Waals surface area contributed by atoms with Gasteiger partial charge in [0.1, 0.15) is 0 Å². The Balaban J connectivity index is 2.09. The first kappa shape index (κ1) is 15.6. The summed E-state index contributed by atoms with van der Waals surface area (Å²) in [5.41, 5.74) is 2.63. The number of carbonyl (C=O) groups excluding carboxylic acids is 1. The maximum absolute atomic E-state index is 12.3. The molecular weight excluding hydrogens is 286 g/mol. The first-order valence-corrected chi connectivity index (χ1v) is 7.90. The molecule has 0 saturated heterocycles. The predicted octanol–water partition coefficient (Wildman–Crippen LogP) is 2.57. The molecule has 0 saturated carbocycles. The molecule has 1 N–H and O–H groups in total. The molecule has 21 heavy (non-hydrogen) atoms. The summed E-state index contributed by atoms with van der Waals surface area (Å²) in [6.45, 7) is 6.54. The lowest BCUT2D eigenvalue weighted by atomic mass is 10.0. The van der Waals surface area contributed by atoms with E-state index in [-0.39, 0.29) is 17.2 Å². The van der Waals surface area contributed by atoms with Crippen molar-refractivity contribution in [3.8, 4) is 0 Å². The molecule has 0 bridgehead atoms. The maximum atomic E-state index is 12.3. The van der Waals surface area contributed by atoms with Gasteiger partial charge in [-0.3, -0.25) is 9.36 Å². The summed E-state index contributed by atoms with van der Waals surface area (Å²) >= 11 is 1.29. The van der Waals surface area contributed by atoms with Crippen molar-refractivity contribution in [2.45, 2.75) is 38.9 Å². The second-order valence-corrected chi connectivity index (χ2v) is 5.94. The van der Waals surface area contributed by atoms with Crippen LogP contribution in [0.3, 0.4) is 0 Å². The van der Waals surface area contributed by atoms with E-state index in [9.17, 15) is 9.59 Å². The van der Waals surface area contributed by atoms with Gasteiger partial charge >= 0.3 is 5.69 Å². The van der Waals surface area contributed by atoms with Crippen LogP contribution < -0.4 is 5.69 Å². The number of aryl methyl sites for hydroxylation is 2. The van der Waals surface area contributed by atoms with Crippen LogP contribution in [0.4, 0.5) is 0 Å². The highest BCUT2D eigenvalue weighted by Gasteiger charge is 2.13. The average Bonchev–Trinajstić information content (AvgIpc) is 2.78. The SMILES string of the molecule is CCCn1c(SCC(=O)c2ccc(C)cc2C)n[nH]c1=O. The third-order valence-corrected chi connectivity index (χ3v) is 4.16. The molecule has 1 aromatic carbocycles. The zero-order valence-corrected chi connectivity index (χ0v) is 13.3. The van der Waals surface area contributed by atoms with Gasteiger partial charge in [-0.05, 0) is 25.8 Å². The molecule has 0 aliphatic rings. The third-order valence-electron chi connectivity index (χ3n) is 3.19. The van der Waals surface area contributed by atoms with Crippen LogP contribution in [0.15, 0.2) is 28.2 Å². The van der Waals surface area contributed by atoms with Crippen molar-refractivity contribution in [3.63, 3.8) is 0 Å². The standard InChI is InChI=1S/C15H19N3O2S/c1-4-7-18-14(20)16-17-15(18)21-9-13(19)12-6-5-10(2)8-11(12)3/h5-6,8H,4,7,9H2,1-3H3,(H,16,20). The van der Waals surface area contributed by atoms with Gasteiger partial charge in [0, 0.05) is 12.1 Å². The minimum atomic E-state index is -0.224. The number of H-pyrrole nitrogens is 1. The summed E-state index contributed by atoms with van der Waals surface area (Å²) in [4.78, 5) is 23.9. The lowest BCUT2D eigenvalue weighted by Gasteiger charge is -2.06. The zero-order chi connectivity index (χ0) is 15.4. The van der Waals surface area contributed by atoms with Crippen molar-refractivity contribution < 1.29 is 4.79 Å². The van der Waals surface area contributed by atoms with E-state index in [1.165, 1.54) is 11.8 Å². The Morgan fingerprint density at radius 3 is 2.81 bits per heavy atom. The molecule has 1 aromatic heterocycles. The molecule has 112 valence electrons. The fraction of sp³-hybridized carbons (Fsp3) is 0.400. The highest BCUT2D eigenvalue weighted by atomic mass is 32.2. The van der Waals surface area contributed by atoms with Crippen molar-refractivity contribution in [1.82, 2.24) is 14.8 Å². The van der Waals surface area contributed by atoms with E-state index in [1.54, 1.807) is 4.57 Å². The topological polar surface area (TPSA) is 67.8 Å². The predicted molar refractivity (Wildman–Crippen MR) is 84.1 cm³/mol. The maximum Gasteiger partial charge on any atom is 0.343 e. The molecule has 0 radical (unpaired) electrons. The van der Waals surface area contributed by atoms with Crippen molar-refractivity contribution >= 4 is 17.5 Å². The second-order valence-electron chi connectivity index (χ2n) is 4.99. The van der Waals surface area contributed by atoms with Gasteiger partial charge in [-0.2, -0.15) is 0 Å². The van der Waals surface area contributed by atoms with Gasteiger partial charge < -0.3 is 0 Å². The number of carbonyl (C=O) groups is 1. The number of hydrogen-bond donors (Lipinski definition) is 1. The van der Waals surface area contributed by atoms with Gasteiger partial charge in [-0.15, -0.1) is 5.10 Å². The quantitative estimate of drug-likeness (QED) is 0.658. The van der Waals surface area contributed by atoms with Gasteiger partial charge in [0.05, 0.1) is 5.75 Å². The minimum Gasteiger partial charge on any atom is -0.293 e. The van der Waals surface area contributed by atoms with Gasteiger partial charge in [0.15, 0.2) is 10.9 Å². The third kappa shape index (κ3) is 3.64. The molecule has 2 rings (SSSR count). The summed E-state index contributed by atoms with van der Waals surface area (Å²) in [5.74, 6) is 0.328. The van der Waals surface area contributed by atoms with E-state index >= 15 is 0 Å². The van der Waals surface area contributed by atoms with E-state index in [0.29, 0.717) is 11.7 Å². The number of Topliss-reactive ketones (excluding diaryl/α,β-unsaturated/α-hetero) is 1. The van der Waals surface area contributed by atoms with Crippen molar-refractivity contribution in [2.75, 3.05) is 5.75 Å². The molecule has 0 aliphatic heterocycles. The van der Waals surface area contributed by atoms with E-state index in [4.69, 9.17) is 0 Å². The summed E-state index contributed by atoms with van der Waals surface area (Å²) in [5, 5.41) is 6.97. The number of benzene rings is 1. The Labute approximate surface area is 127 Å². The van der Waals surface area contributed by atoms with Crippen LogP contribution in [-0.4, -0.2) is 26.3 Å². The first-order chi connectivity index (χ1) is 10.0. The number of aromatic amines is 1. The fourth-order valence-corrected chi connectivity index (χ4v) is 3.02. The Morgan fingerprint density at radius 1 is 1.38 bits per heavy atom. The number of nitrogens with one attached hydrogen (secondary N) is 1. The van der Waals surface area contributed by atoms with Gasteiger partial charge in [-0.1, -0.05) is 42.4 Å². The lowest BCUT2D eigenvalue weighted by Crippen LogP contribution is -2.17. The number of ketones is 1. The van der Waals surface area contributed by atoms with Crippen LogP contribution in [0, 0.1) is 13.8 Å². The number of hydrogen-bond acceptors (Lipinski definition) is 4. The normalized spacial score (nSPS) is 10.8. The second kappa shape index (κ2) is 6.76. The highest BCUT2D eigenvalue weighted by molar-refractivity contribution is 7.99. The van der Waals surface area contributed by atoms with Crippen LogP contribution in [0.2, 0.25) is 0 Å². The van der Waals surface area contributed by atoms with E-state index < -0.39 is 0 Å². The monoisotopic (exact) mass is 305 g/mol. The van der Waals surface area contributed by atoms with Crippen LogP contribution in [0.1, 0.15) is 34.8 Å². The highest BCUT2D eigenvalue weighted by Crippen LogP contribution is 2.18. The van der Waals surface area contributed by atoms with Gasteiger partial charge in [0.25, 0.3) is 0 Å². The summed E-state index contributed by atoms with van der Waals surface area (Å²) in [6, 6.07) is 5.79. The molecule has 0 amide bonds. The number of rotatable bonds is 6. The van der Waals surface area contributed by atoms with Crippen LogP contribution >= 0.6 is 11.8 Å². The van der Waals surface area contributed by atoms with Crippen LogP contribution in [-0.2, 0) is 6.54 Å². The van der Waals surface area contributed by atoms with Crippen molar-refractivity contribution in [1.29, 1.82) is 0 Å². The minimum absolute atomic E-state index is 0.0518. The van der Waals surface area contributed by atoms with Gasteiger partial charge in [0.2, 0.25) is 0 Å². The molecular formula is C15H19N3O2S. The summed E-state index contributed by atoms with van der Waals surface area (Å²) < 4.78 is 1.57. The largest absolute Gasteiger partial charge is 0.343 e. The number of thioether (sulfide) groups is 1. The Hall–Kier alpha value is -1.82. The average molecular weight is 305 g/mol. The lowest BCUT2D eigenvalue weighted by molar-refractivity contribution is 0.102. The summed E-state index contributed by atoms with van der Waals surface area (Å²) in [6.07, 6.45) is 0.845.